The number of amides is 1. The second kappa shape index (κ2) is 9.61. The maximum Gasteiger partial charge on any atom is 0.241 e. The number of carbonyl (C=O) groups excluding carboxylic acids is 1. The van der Waals surface area contributed by atoms with Crippen molar-refractivity contribution in [1.82, 2.24) is 20.3 Å². The van der Waals surface area contributed by atoms with Gasteiger partial charge in [-0.15, -0.1) is 5.10 Å². The highest BCUT2D eigenvalue weighted by atomic mass is 16.5. The summed E-state index contributed by atoms with van der Waals surface area (Å²) >= 11 is 0. The van der Waals surface area contributed by atoms with Crippen molar-refractivity contribution >= 4 is 5.91 Å². The van der Waals surface area contributed by atoms with Gasteiger partial charge in [0, 0.05) is 12.1 Å². The molecule has 1 amide bonds. The molecule has 8 heteroatoms. The third kappa shape index (κ3) is 5.82. The van der Waals surface area contributed by atoms with Crippen molar-refractivity contribution in [2.24, 2.45) is 0 Å². The molecule has 8 nitrogen and oxygen atoms in total. The average molecular weight is 425 g/mol. The van der Waals surface area contributed by atoms with Crippen molar-refractivity contribution in [3.05, 3.63) is 59.8 Å². The summed E-state index contributed by atoms with van der Waals surface area (Å²) < 4.78 is 12.0. The molecule has 0 saturated heterocycles. The fourth-order valence-corrected chi connectivity index (χ4v) is 3.15. The van der Waals surface area contributed by atoms with Crippen molar-refractivity contribution in [3.63, 3.8) is 0 Å². The van der Waals surface area contributed by atoms with Crippen molar-refractivity contribution < 1.29 is 19.4 Å². The molecule has 1 aromatic heterocycles. The minimum atomic E-state index is -0.945. The molecule has 164 valence electrons. The molecule has 0 radical (unpaired) electrons. The predicted octanol–water partition coefficient (Wildman–Crippen LogP) is 2.55. The molecule has 0 atom stereocenters. The van der Waals surface area contributed by atoms with Crippen molar-refractivity contribution in [2.75, 3.05) is 20.8 Å². The second-order valence-electron chi connectivity index (χ2n) is 7.73. The average Bonchev–Trinajstić information content (AvgIpc) is 3.21. The molecule has 0 aliphatic rings. The smallest absolute Gasteiger partial charge is 0.241 e. The fraction of sp³-hybridized carbons (Fsp3) is 0.348. The summed E-state index contributed by atoms with van der Waals surface area (Å²) in [4.78, 5) is 12.3. The third-order valence-electron chi connectivity index (χ3n) is 4.89. The standard InChI is InChI=1S/C23H28N4O4/c1-23(2,29)18-7-5-6-17(13-18)19-14-27(26-25-19)15-22(28)24-11-10-16-8-9-20(30-3)21(12-16)31-4/h5-9,12-14,29H,10-11,15H2,1-4H3,(H,24,28). The number of aromatic nitrogens is 3. The van der Waals surface area contributed by atoms with E-state index in [0.717, 1.165) is 16.7 Å². The van der Waals surface area contributed by atoms with Gasteiger partial charge < -0.3 is 19.9 Å². The van der Waals surface area contributed by atoms with Crippen LogP contribution in [0.1, 0.15) is 25.0 Å². The molecular formula is C23H28N4O4. The van der Waals surface area contributed by atoms with Crippen LogP contribution in [-0.4, -0.2) is 46.8 Å². The summed E-state index contributed by atoms with van der Waals surface area (Å²) in [7, 11) is 3.19. The van der Waals surface area contributed by atoms with Gasteiger partial charge in [-0.2, -0.15) is 0 Å². The number of ether oxygens (including phenoxy) is 2. The zero-order chi connectivity index (χ0) is 22.4. The minimum absolute atomic E-state index is 0.0735. The summed E-state index contributed by atoms with van der Waals surface area (Å²) in [6.45, 7) is 4.03. The Morgan fingerprint density at radius 3 is 2.61 bits per heavy atom. The predicted molar refractivity (Wildman–Crippen MR) is 117 cm³/mol. The molecule has 3 rings (SSSR count). The van der Waals surface area contributed by atoms with Gasteiger partial charge >= 0.3 is 0 Å². The quantitative estimate of drug-likeness (QED) is 0.548. The van der Waals surface area contributed by atoms with Crippen LogP contribution in [0.15, 0.2) is 48.7 Å². The largest absolute Gasteiger partial charge is 0.493 e. The van der Waals surface area contributed by atoms with E-state index in [0.29, 0.717) is 30.2 Å². The van der Waals surface area contributed by atoms with Crippen LogP contribution in [0.2, 0.25) is 0 Å². The lowest BCUT2D eigenvalue weighted by molar-refractivity contribution is -0.121. The lowest BCUT2D eigenvalue weighted by Gasteiger charge is -2.18. The lowest BCUT2D eigenvalue weighted by Crippen LogP contribution is -2.29. The summed E-state index contributed by atoms with van der Waals surface area (Å²) in [5.74, 6) is 1.18. The number of nitrogens with one attached hydrogen (secondary N) is 1. The van der Waals surface area contributed by atoms with E-state index in [-0.39, 0.29) is 12.5 Å². The number of carbonyl (C=O) groups is 1. The molecule has 0 aliphatic heterocycles. The van der Waals surface area contributed by atoms with Gasteiger partial charge in [0.1, 0.15) is 12.2 Å². The maximum absolute atomic E-state index is 12.3. The Morgan fingerprint density at radius 1 is 1.13 bits per heavy atom. The second-order valence-corrected chi connectivity index (χ2v) is 7.73. The topological polar surface area (TPSA) is 98.5 Å². The van der Waals surface area contributed by atoms with Crippen LogP contribution >= 0.6 is 0 Å². The SMILES string of the molecule is COc1ccc(CCNC(=O)Cn2cc(-c3cccc(C(C)(C)O)c3)nn2)cc1OC. The molecule has 0 unspecified atom stereocenters. The van der Waals surface area contributed by atoms with Crippen molar-refractivity contribution in [3.8, 4) is 22.8 Å². The maximum atomic E-state index is 12.3. The first-order valence-electron chi connectivity index (χ1n) is 10.0. The number of benzene rings is 2. The molecular weight excluding hydrogens is 396 g/mol. The molecule has 0 fully saturated rings. The van der Waals surface area contributed by atoms with Crippen molar-refractivity contribution in [1.29, 1.82) is 0 Å². The first kappa shape index (κ1) is 22.3. The number of aliphatic hydroxyl groups is 1. The van der Waals surface area contributed by atoms with Gasteiger partial charge in [-0.1, -0.05) is 29.5 Å². The van der Waals surface area contributed by atoms with E-state index in [1.807, 2.05) is 42.5 Å². The van der Waals surface area contributed by atoms with E-state index in [1.165, 1.54) is 4.68 Å². The van der Waals surface area contributed by atoms with Crippen LogP contribution in [0.5, 0.6) is 11.5 Å². The van der Waals surface area contributed by atoms with E-state index in [1.54, 1.807) is 34.3 Å². The zero-order valence-electron chi connectivity index (χ0n) is 18.3. The normalized spacial score (nSPS) is 11.3. The molecule has 31 heavy (non-hydrogen) atoms. The van der Waals surface area contributed by atoms with E-state index >= 15 is 0 Å². The Kier molecular flexibility index (Phi) is 6.91. The highest BCUT2D eigenvalue weighted by molar-refractivity contribution is 5.75. The zero-order valence-corrected chi connectivity index (χ0v) is 18.3. The summed E-state index contributed by atoms with van der Waals surface area (Å²) in [5.41, 5.74) is 2.35. The van der Waals surface area contributed by atoms with Crippen LogP contribution < -0.4 is 14.8 Å². The molecule has 0 saturated carbocycles. The molecule has 0 spiro atoms. The summed E-state index contributed by atoms with van der Waals surface area (Å²) in [6.07, 6.45) is 2.38. The van der Waals surface area contributed by atoms with E-state index in [9.17, 15) is 9.90 Å². The first-order valence-corrected chi connectivity index (χ1v) is 10.0. The molecule has 2 N–H and O–H groups in total. The highest BCUT2D eigenvalue weighted by Crippen LogP contribution is 2.27. The number of nitrogens with zero attached hydrogens (tertiary/aromatic N) is 3. The molecule has 0 bridgehead atoms. The van der Waals surface area contributed by atoms with Crippen LogP contribution in [0.3, 0.4) is 0 Å². The number of hydrogen-bond donors (Lipinski definition) is 2. The van der Waals surface area contributed by atoms with Gasteiger partial charge in [0.25, 0.3) is 0 Å². The lowest BCUT2D eigenvalue weighted by atomic mass is 9.96. The van der Waals surface area contributed by atoms with Crippen LogP contribution in [0.25, 0.3) is 11.3 Å². The Bertz CT molecular complexity index is 1040. The van der Waals surface area contributed by atoms with Gasteiger partial charge in [0.2, 0.25) is 5.91 Å². The van der Waals surface area contributed by atoms with Gasteiger partial charge in [0.15, 0.2) is 11.5 Å². The van der Waals surface area contributed by atoms with Gasteiger partial charge in [0.05, 0.1) is 26.0 Å². The summed E-state index contributed by atoms with van der Waals surface area (Å²) in [5, 5.41) is 21.3. The number of rotatable bonds is 9. The molecule has 0 aliphatic carbocycles. The Morgan fingerprint density at radius 2 is 1.90 bits per heavy atom. The molecule has 1 heterocycles. The Balaban J connectivity index is 1.55. The van der Waals surface area contributed by atoms with Crippen LogP contribution in [0.4, 0.5) is 0 Å². The van der Waals surface area contributed by atoms with E-state index < -0.39 is 5.60 Å². The monoisotopic (exact) mass is 424 g/mol. The third-order valence-corrected chi connectivity index (χ3v) is 4.89. The van der Waals surface area contributed by atoms with Crippen LogP contribution in [0, 0.1) is 0 Å². The first-order chi connectivity index (χ1) is 14.8. The number of methoxy groups -OCH3 is 2. The van der Waals surface area contributed by atoms with E-state index in [4.69, 9.17) is 9.47 Å². The van der Waals surface area contributed by atoms with Gasteiger partial charge in [-0.05, 0) is 49.6 Å². The Labute approximate surface area is 181 Å². The van der Waals surface area contributed by atoms with Gasteiger partial charge in [-0.25, -0.2) is 4.68 Å². The fourth-order valence-electron chi connectivity index (χ4n) is 3.15. The van der Waals surface area contributed by atoms with Gasteiger partial charge in [-0.3, -0.25) is 4.79 Å². The minimum Gasteiger partial charge on any atom is -0.493 e. The highest BCUT2D eigenvalue weighted by Gasteiger charge is 2.17. The van der Waals surface area contributed by atoms with Crippen LogP contribution in [-0.2, 0) is 23.4 Å². The molecule has 3 aromatic rings. The van der Waals surface area contributed by atoms with E-state index in [2.05, 4.69) is 15.6 Å². The number of hydrogen-bond acceptors (Lipinski definition) is 6. The Hall–Kier alpha value is -3.39. The molecule has 2 aromatic carbocycles. The summed E-state index contributed by atoms with van der Waals surface area (Å²) in [6, 6.07) is 13.2. The van der Waals surface area contributed by atoms with Crippen molar-refractivity contribution in [2.45, 2.75) is 32.4 Å².